The van der Waals surface area contributed by atoms with Gasteiger partial charge in [0.2, 0.25) is 0 Å². The van der Waals surface area contributed by atoms with E-state index in [1.807, 2.05) is 0 Å². The van der Waals surface area contributed by atoms with Crippen LogP contribution in [0.4, 0.5) is 0 Å². The van der Waals surface area contributed by atoms with E-state index in [4.69, 9.17) is 4.74 Å². The van der Waals surface area contributed by atoms with Crippen LogP contribution in [0.15, 0.2) is 0 Å². The third kappa shape index (κ3) is 114. The Labute approximate surface area is 444 Å². The molecule has 0 aromatic heterocycles. The minimum Gasteiger partial charge on any atom is -0.370 e. The molecule has 0 aliphatic carbocycles. The first-order chi connectivity index (χ1) is 29.7. The molecule has 0 aromatic rings. The van der Waals surface area contributed by atoms with Crippen molar-refractivity contribution in [3.8, 4) is 0 Å². The summed E-state index contributed by atoms with van der Waals surface area (Å²) < 4.78 is 5.62. The molecule has 0 heterocycles. The summed E-state index contributed by atoms with van der Waals surface area (Å²) in [6.45, 7) is 83.6. The number of hydrogen-bond acceptors (Lipinski definition) is 3. The molecule has 0 amide bonds. The summed E-state index contributed by atoms with van der Waals surface area (Å²) >= 11 is 0. The molecule has 0 rings (SSSR count). The largest absolute Gasteiger partial charge is 0.370 e. The highest BCUT2D eigenvalue weighted by Crippen LogP contribution is 2.30. The molecule has 0 aliphatic rings. The van der Waals surface area contributed by atoms with E-state index in [0.717, 1.165) is 13.1 Å². The van der Waals surface area contributed by atoms with Gasteiger partial charge in [0.25, 0.3) is 0 Å². The van der Waals surface area contributed by atoms with Gasteiger partial charge < -0.3 is 15.4 Å². The molecule has 0 saturated carbocycles. The van der Waals surface area contributed by atoms with Crippen LogP contribution < -0.4 is 10.6 Å². The quantitative estimate of drug-likeness (QED) is 0.160. The summed E-state index contributed by atoms with van der Waals surface area (Å²) in [5.74, 6) is 0. The lowest BCUT2D eigenvalue weighted by atomic mass is 9.81. The van der Waals surface area contributed by atoms with Crippen LogP contribution in [-0.2, 0) is 4.74 Å². The molecular formula is C66H146N2O. The third-order valence-electron chi connectivity index (χ3n) is 10.5. The monoisotopic (exact) mass is 983 g/mol. The molecule has 0 atom stereocenters. The average molecular weight is 984 g/mol. The van der Waals surface area contributed by atoms with Crippen LogP contribution in [0.5, 0.6) is 0 Å². The van der Waals surface area contributed by atoms with Gasteiger partial charge >= 0.3 is 0 Å². The number of hydrogen-bond donors (Lipinski definition) is 2. The Morgan fingerprint density at radius 3 is 0.580 bits per heavy atom. The zero-order valence-corrected chi connectivity index (χ0v) is 56.1. The predicted octanol–water partition coefficient (Wildman–Crippen LogP) is 22.9. The Kier molecular flexibility index (Phi) is 40.9. The molecule has 0 saturated heterocycles. The van der Waals surface area contributed by atoms with Gasteiger partial charge in [-0.1, -0.05) is 205 Å². The smallest absolute Gasteiger partial charge is 0.0605 e. The first-order valence-corrected chi connectivity index (χ1v) is 28.9. The van der Waals surface area contributed by atoms with Crippen LogP contribution in [0.2, 0.25) is 0 Å². The van der Waals surface area contributed by atoms with E-state index in [1.54, 1.807) is 0 Å². The van der Waals surface area contributed by atoms with Gasteiger partial charge in [0.05, 0.1) is 11.2 Å². The lowest BCUT2D eigenvalue weighted by Gasteiger charge is -2.30. The van der Waals surface area contributed by atoms with Gasteiger partial charge in [-0.3, -0.25) is 0 Å². The lowest BCUT2D eigenvalue weighted by Crippen LogP contribution is -2.36. The fourth-order valence-corrected chi connectivity index (χ4v) is 6.81. The number of nitrogens with one attached hydrogen (secondary N) is 2. The molecule has 0 radical (unpaired) electrons. The number of ether oxygens (including phenoxy) is 1. The lowest BCUT2D eigenvalue weighted by molar-refractivity contribution is -0.102. The van der Waals surface area contributed by atoms with E-state index in [1.165, 1.54) is 103 Å². The van der Waals surface area contributed by atoms with E-state index in [9.17, 15) is 0 Å². The van der Waals surface area contributed by atoms with Crippen LogP contribution >= 0.6 is 0 Å². The normalized spacial score (nSPS) is 13.6. The summed E-state index contributed by atoms with van der Waals surface area (Å²) in [5.41, 5.74) is 4.63. The summed E-state index contributed by atoms with van der Waals surface area (Å²) in [7, 11) is 0. The summed E-state index contributed by atoms with van der Waals surface area (Å²) in [6.07, 6.45) is 21.7. The molecule has 69 heavy (non-hydrogen) atoms. The zero-order chi connectivity index (χ0) is 56.8. The second-order valence-corrected chi connectivity index (χ2v) is 35.0. The van der Waals surface area contributed by atoms with E-state index < -0.39 is 0 Å². The topological polar surface area (TPSA) is 33.3 Å². The Bertz CT molecular complexity index is 1030. The molecule has 0 aliphatic heterocycles. The van der Waals surface area contributed by atoms with Gasteiger partial charge in [-0.25, -0.2) is 0 Å². The second-order valence-electron chi connectivity index (χ2n) is 35.0. The second kappa shape index (κ2) is 35.2. The highest BCUT2D eigenvalue weighted by atomic mass is 16.5. The van der Waals surface area contributed by atoms with Gasteiger partial charge in [0.1, 0.15) is 0 Å². The van der Waals surface area contributed by atoms with E-state index in [0.29, 0.717) is 43.3 Å². The first-order valence-electron chi connectivity index (χ1n) is 28.9. The highest BCUT2D eigenvalue weighted by Gasteiger charge is 2.21. The van der Waals surface area contributed by atoms with Crippen LogP contribution in [0.3, 0.4) is 0 Å². The van der Waals surface area contributed by atoms with Crippen molar-refractivity contribution >= 4 is 0 Å². The maximum absolute atomic E-state index is 5.62. The molecule has 426 valence electrons. The Hall–Kier alpha value is -0.120. The average Bonchev–Trinajstić information content (AvgIpc) is 2.99. The molecule has 0 spiro atoms. The Morgan fingerprint density at radius 1 is 0.203 bits per heavy atom. The molecule has 0 bridgehead atoms. The van der Waals surface area contributed by atoms with Crippen LogP contribution in [0.1, 0.15) is 352 Å². The maximum atomic E-state index is 5.62. The molecular weight excluding hydrogens is 837 g/mol. The van der Waals surface area contributed by atoms with E-state index >= 15 is 0 Å². The van der Waals surface area contributed by atoms with E-state index in [2.05, 4.69) is 260 Å². The molecule has 2 N–H and O–H groups in total. The molecule has 0 unspecified atom stereocenters. The number of unbranched alkanes of at least 4 members (excludes halogenated alkanes) is 4. The minimum absolute atomic E-state index is 0.0156. The van der Waals surface area contributed by atoms with E-state index in [-0.39, 0.29) is 22.3 Å². The van der Waals surface area contributed by atoms with Crippen molar-refractivity contribution in [2.45, 2.75) is 374 Å². The highest BCUT2D eigenvalue weighted by molar-refractivity contribution is 4.73. The van der Waals surface area contributed by atoms with Gasteiger partial charge in [-0.2, -0.15) is 0 Å². The number of rotatable bonds is 15. The van der Waals surface area contributed by atoms with Crippen molar-refractivity contribution in [3.05, 3.63) is 0 Å². The van der Waals surface area contributed by atoms with Crippen molar-refractivity contribution in [3.63, 3.8) is 0 Å². The fraction of sp³-hybridized carbons (Fsp3) is 1.00. The molecule has 3 heteroatoms. The summed E-state index contributed by atoms with van der Waals surface area (Å²) in [6, 6.07) is 0. The van der Waals surface area contributed by atoms with Crippen molar-refractivity contribution in [2.24, 2.45) is 43.3 Å². The van der Waals surface area contributed by atoms with Crippen molar-refractivity contribution in [2.75, 3.05) is 13.1 Å². The third-order valence-corrected chi connectivity index (χ3v) is 10.5. The van der Waals surface area contributed by atoms with Crippen molar-refractivity contribution in [1.82, 2.24) is 10.6 Å². The summed E-state index contributed by atoms with van der Waals surface area (Å²) in [5, 5.41) is 7.01. The van der Waals surface area contributed by atoms with Crippen molar-refractivity contribution < 1.29 is 4.74 Å². The molecule has 0 fully saturated rings. The van der Waals surface area contributed by atoms with Gasteiger partial charge in [0, 0.05) is 11.1 Å². The van der Waals surface area contributed by atoms with Gasteiger partial charge in [0.15, 0.2) is 0 Å². The molecule has 0 aromatic carbocycles. The Morgan fingerprint density at radius 2 is 0.391 bits per heavy atom. The summed E-state index contributed by atoms with van der Waals surface area (Å²) in [4.78, 5) is 0. The fourth-order valence-electron chi connectivity index (χ4n) is 6.81. The van der Waals surface area contributed by atoms with Crippen LogP contribution in [0, 0.1) is 43.3 Å². The van der Waals surface area contributed by atoms with Crippen molar-refractivity contribution in [1.29, 1.82) is 0 Å². The standard InChI is InChI=1S/C13H29N.C13H28.C11H25N.C11H24.C10H22.C8H18O/c1-12(2,3)10-8-7-9-11-14-13(4,5)6;1-12(2,3)10-8-7-9-11-13(4,5)6;1-10(2,3)8-7-9-12-11(4,5)6;1-10(2,3)8-7-9-11(4,5)6;1-9(2,3)7-8-10(4,5)6;1-7(2,3)9-8(4,5)6/h14H,7-11H2,1-6H3;7-11H2,1-6H3;12H,7-9H2,1-6H3;7-9H2,1-6H3;7-8H2,1-6H3;1-6H3. The first kappa shape index (κ1) is 80.3. The minimum atomic E-state index is -0.0156. The Balaban J connectivity index is -0.000000174. The van der Waals surface area contributed by atoms with Gasteiger partial charge in [-0.05, 0) is 204 Å². The maximum Gasteiger partial charge on any atom is 0.0605 e. The predicted molar refractivity (Wildman–Crippen MR) is 326 cm³/mol. The van der Waals surface area contributed by atoms with Crippen LogP contribution in [0.25, 0.3) is 0 Å². The SMILES string of the molecule is CC(C)(C)CCC(C)(C)C.CC(C)(C)CCCC(C)(C)C.CC(C)(C)CCCCCC(C)(C)C.CC(C)(C)CCCCCNC(C)(C)C.CC(C)(C)CCCNC(C)(C)C.CC(C)(C)OC(C)(C)C. The van der Waals surface area contributed by atoms with Crippen LogP contribution in [-0.4, -0.2) is 35.4 Å². The molecule has 3 nitrogen and oxygen atoms in total. The zero-order valence-electron chi connectivity index (χ0n) is 56.1. The van der Waals surface area contributed by atoms with Gasteiger partial charge in [-0.15, -0.1) is 0 Å².